The molecule has 1 aliphatic rings. The second kappa shape index (κ2) is 5.28. The average molecular weight is 214 g/mol. The lowest BCUT2D eigenvalue weighted by Gasteiger charge is -2.55. The summed E-state index contributed by atoms with van der Waals surface area (Å²) in [5.74, 6) is 0. The van der Waals surface area contributed by atoms with Gasteiger partial charge in [0.25, 0.3) is 0 Å². The average Bonchev–Trinajstić information content (AvgIpc) is 2.21. The molecule has 0 radical (unpaired) electrons. The molecular formula is C12H26N2O. The maximum absolute atomic E-state index is 5.96. The molecule has 0 aromatic rings. The SMILES string of the molecule is CCC(C)N(CC)C1(CN)CC(OC)C1. The number of hydrogen-bond acceptors (Lipinski definition) is 3. The van der Waals surface area contributed by atoms with E-state index in [0.717, 1.165) is 25.9 Å². The van der Waals surface area contributed by atoms with Crippen molar-refractivity contribution in [1.29, 1.82) is 0 Å². The quantitative estimate of drug-likeness (QED) is 0.730. The fourth-order valence-electron chi connectivity index (χ4n) is 2.81. The third-order valence-corrected chi connectivity index (χ3v) is 4.00. The Labute approximate surface area is 94.0 Å². The van der Waals surface area contributed by atoms with Crippen LogP contribution in [0.4, 0.5) is 0 Å². The molecule has 0 aromatic heterocycles. The van der Waals surface area contributed by atoms with Gasteiger partial charge in [0.15, 0.2) is 0 Å². The van der Waals surface area contributed by atoms with Gasteiger partial charge in [0.1, 0.15) is 0 Å². The number of nitrogens with zero attached hydrogens (tertiary/aromatic N) is 1. The Kier molecular flexibility index (Phi) is 4.56. The Hall–Kier alpha value is -0.120. The van der Waals surface area contributed by atoms with Gasteiger partial charge in [-0.15, -0.1) is 0 Å². The van der Waals surface area contributed by atoms with Crippen molar-refractivity contribution in [2.24, 2.45) is 5.73 Å². The molecule has 1 aliphatic carbocycles. The van der Waals surface area contributed by atoms with Crippen molar-refractivity contribution >= 4 is 0 Å². The van der Waals surface area contributed by atoms with Crippen molar-refractivity contribution in [2.45, 2.75) is 57.7 Å². The first kappa shape index (κ1) is 12.9. The molecule has 1 saturated carbocycles. The molecule has 2 N–H and O–H groups in total. The van der Waals surface area contributed by atoms with Gasteiger partial charge in [-0.1, -0.05) is 13.8 Å². The van der Waals surface area contributed by atoms with E-state index in [2.05, 4.69) is 25.7 Å². The van der Waals surface area contributed by atoms with Gasteiger partial charge in [-0.3, -0.25) is 4.90 Å². The molecule has 3 heteroatoms. The summed E-state index contributed by atoms with van der Waals surface area (Å²) < 4.78 is 5.37. The molecule has 90 valence electrons. The number of methoxy groups -OCH3 is 1. The molecule has 0 aliphatic heterocycles. The van der Waals surface area contributed by atoms with E-state index in [0.29, 0.717) is 12.1 Å². The van der Waals surface area contributed by atoms with Gasteiger partial charge in [-0.2, -0.15) is 0 Å². The van der Waals surface area contributed by atoms with Gasteiger partial charge in [0.05, 0.1) is 6.10 Å². The molecule has 0 saturated heterocycles. The van der Waals surface area contributed by atoms with Crippen molar-refractivity contribution < 1.29 is 4.74 Å². The fourth-order valence-corrected chi connectivity index (χ4v) is 2.81. The number of likely N-dealkylation sites (N-methyl/N-ethyl adjacent to an activating group) is 1. The fraction of sp³-hybridized carbons (Fsp3) is 1.00. The first-order valence-corrected chi connectivity index (χ1v) is 6.13. The van der Waals surface area contributed by atoms with Crippen LogP contribution in [-0.2, 0) is 4.74 Å². The highest BCUT2D eigenvalue weighted by Crippen LogP contribution is 2.40. The van der Waals surface area contributed by atoms with E-state index in [1.807, 2.05) is 0 Å². The molecule has 1 rings (SSSR count). The first-order chi connectivity index (χ1) is 7.13. The van der Waals surface area contributed by atoms with Gasteiger partial charge in [0.2, 0.25) is 0 Å². The minimum atomic E-state index is 0.213. The largest absolute Gasteiger partial charge is 0.381 e. The summed E-state index contributed by atoms with van der Waals surface area (Å²) in [4.78, 5) is 2.56. The van der Waals surface area contributed by atoms with Crippen molar-refractivity contribution in [3.8, 4) is 0 Å². The van der Waals surface area contributed by atoms with Crippen LogP contribution >= 0.6 is 0 Å². The Balaban J connectivity index is 2.64. The summed E-state index contributed by atoms with van der Waals surface area (Å²) in [6.07, 6.45) is 3.80. The van der Waals surface area contributed by atoms with Crippen LogP contribution < -0.4 is 5.73 Å². The molecule has 0 bridgehead atoms. The zero-order valence-corrected chi connectivity index (χ0v) is 10.6. The third kappa shape index (κ3) is 2.35. The van der Waals surface area contributed by atoms with Crippen molar-refractivity contribution in [1.82, 2.24) is 4.90 Å². The van der Waals surface area contributed by atoms with Crippen LogP contribution in [0.5, 0.6) is 0 Å². The molecule has 0 heterocycles. The summed E-state index contributed by atoms with van der Waals surface area (Å²) in [5.41, 5.74) is 6.17. The molecule has 1 atom stereocenters. The summed E-state index contributed by atoms with van der Waals surface area (Å²) >= 11 is 0. The smallest absolute Gasteiger partial charge is 0.0607 e. The zero-order chi connectivity index (χ0) is 11.5. The van der Waals surface area contributed by atoms with Crippen molar-refractivity contribution in [3.05, 3.63) is 0 Å². The van der Waals surface area contributed by atoms with Crippen LogP contribution in [0, 0.1) is 0 Å². The molecule has 0 aromatic carbocycles. The summed E-state index contributed by atoms with van der Waals surface area (Å²) in [5, 5.41) is 0. The minimum Gasteiger partial charge on any atom is -0.381 e. The lowest BCUT2D eigenvalue weighted by atomic mass is 9.72. The molecule has 0 spiro atoms. The number of nitrogens with two attached hydrogens (primary N) is 1. The summed E-state index contributed by atoms with van der Waals surface area (Å²) in [6.45, 7) is 8.60. The van der Waals surface area contributed by atoms with Gasteiger partial charge in [0, 0.05) is 25.2 Å². The molecule has 1 fully saturated rings. The lowest BCUT2D eigenvalue weighted by Crippen LogP contribution is -2.65. The van der Waals surface area contributed by atoms with E-state index < -0.39 is 0 Å². The van der Waals surface area contributed by atoms with E-state index in [1.165, 1.54) is 6.42 Å². The molecule has 3 nitrogen and oxygen atoms in total. The molecule has 0 amide bonds. The van der Waals surface area contributed by atoms with Crippen LogP contribution in [0.1, 0.15) is 40.0 Å². The first-order valence-electron chi connectivity index (χ1n) is 6.13. The predicted octanol–water partition coefficient (Wildman–Crippen LogP) is 1.61. The maximum atomic E-state index is 5.96. The van der Waals surface area contributed by atoms with Crippen molar-refractivity contribution in [2.75, 3.05) is 20.2 Å². The Morgan fingerprint density at radius 1 is 1.47 bits per heavy atom. The van der Waals surface area contributed by atoms with E-state index in [-0.39, 0.29) is 5.54 Å². The lowest BCUT2D eigenvalue weighted by molar-refractivity contribution is -0.0985. The van der Waals surface area contributed by atoms with Crippen LogP contribution in [0.15, 0.2) is 0 Å². The van der Waals surface area contributed by atoms with E-state index in [4.69, 9.17) is 10.5 Å². The second-order valence-corrected chi connectivity index (χ2v) is 4.74. The van der Waals surface area contributed by atoms with Gasteiger partial charge >= 0.3 is 0 Å². The van der Waals surface area contributed by atoms with Gasteiger partial charge in [-0.05, 0) is 32.7 Å². The van der Waals surface area contributed by atoms with Crippen LogP contribution in [0.3, 0.4) is 0 Å². The third-order valence-electron chi connectivity index (χ3n) is 4.00. The number of ether oxygens (including phenoxy) is 1. The molecule has 15 heavy (non-hydrogen) atoms. The Morgan fingerprint density at radius 3 is 2.40 bits per heavy atom. The Bertz CT molecular complexity index is 190. The number of hydrogen-bond donors (Lipinski definition) is 1. The van der Waals surface area contributed by atoms with Gasteiger partial charge < -0.3 is 10.5 Å². The van der Waals surface area contributed by atoms with Crippen LogP contribution in [-0.4, -0.2) is 42.8 Å². The summed E-state index contributed by atoms with van der Waals surface area (Å²) in [6, 6.07) is 0.622. The van der Waals surface area contributed by atoms with Gasteiger partial charge in [-0.25, -0.2) is 0 Å². The highest BCUT2D eigenvalue weighted by Gasteiger charge is 2.48. The van der Waals surface area contributed by atoms with Crippen LogP contribution in [0.25, 0.3) is 0 Å². The van der Waals surface area contributed by atoms with E-state index in [9.17, 15) is 0 Å². The van der Waals surface area contributed by atoms with E-state index in [1.54, 1.807) is 7.11 Å². The maximum Gasteiger partial charge on any atom is 0.0607 e. The Morgan fingerprint density at radius 2 is 2.07 bits per heavy atom. The van der Waals surface area contributed by atoms with E-state index >= 15 is 0 Å². The van der Waals surface area contributed by atoms with Crippen LogP contribution in [0.2, 0.25) is 0 Å². The molecule has 1 unspecified atom stereocenters. The van der Waals surface area contributed by atoms with Crippen molar-refractivity contribution in [3.63, 3.8) is 0 Å². The normalized spacial score (nSPS) is 32.8. The highest BCUT2D eigenvalue weighted by atomic mass is 16.5. The predicted molar refractivity (Wildman–Crippen MR) is 63.9 cm³/mol. The number of rotatable bonds is 6. The summed E-state index contributed by atoms with van der Waals surface area (Å²) in [7, 11) is 1.80. The zero-order valence-electron chi connectivity index (χ0n) is 10.6. The minimum absolute atomic E-state index is 0.213. The monoisotopic (exact) mass is 214 g/mol. The second-order valence-electron chi connectivity index (χ2n) is 4.74. The molecular weight excluding hydrogens is 188 g/mol. The highest BCUT2D eigenvalue weighted by molar-refractivity contribution is 5.05. The topological polar surface area (TPSA) is 38.5 Å². The standard InChI is InChI=1S/C12H26N2O/c1-5-10(3)14(6-2)12(9-13)7-11(8-12)15-4/h10-11H,5-9,13H2,1-4H3.